The van der Waals surface area contributed by atoms with Crippen LogP contribution < -0.4 is 14.8 Å². The standard InChI is InChI=1S/C22H25N3O3/c1-16-19(17(2)25(24-16)18-9-5-4-6-10-18)15-23-22(26)13-14-28-21-12-8-7-11-20(21)27-3/h4-12H,13-15H2,1-3H3,(H,23,26). The number of ether oxygens (including phenoxy) is 2. The zero-order chi connectivity index (χ0) is 19.9. The summed E-state index contributed by atoms with van der Waals surface area (Å²) in [5.74, 6) is 1.22. The number of aromatic nitrogens is 2. The van der Waals surface area contributed by atoms with Gasteiger partial charge in [-0.3, -0.25) is 4.79 Å². The Morgan fingerprint density at radius 2 is 1.71 bits per heavy atom. The Labute approximate surface area is 165 Å². The molecular weight excluding hydrogens is 354 g/mol. The lowest BCUT2D eigenvalue weighted by atomic mass is 10.2. The van der Waals surface area contributed by atoms with Crippen LogP contribution in [0.5, 0.6) is 11.5 Å². The van der Waals surface area contributed by atoms with Crippen LogP contribution in [0.1, 0.15) is 23.4 Å². The molecule has 3 rings (SSSR count). The molecule has 1 N–H and O–H groups in total. The van der Waals surface area contributed by atoms with E-state index in [1.165, 1.54) is 0 Å². The van der Waals surface area contributed by atoms with Crippen molar-refractivity contribution < 1.29 is 14.3 Å². The second kappa shape index (κ2) is 9.08. The Balaban J connectivity index is 1.54. The average molecular weight is 379 g/mol. The number of rotatable bonds is 8. The molecule has 0 saturated heterocycles. The second-order valence-electron chi connectivity index (χ2n) is 6.42. The smallest absolute Gasteiger partial charge is 0.223 e. The summed E-state index contributed by atoms with van der Waals surface area (Å²) in [5.41, 5.74) is 3.97. The van der Waals surface area contributed by atoms with E-state index in [9.17, 15) is 4.79 Å². The third-order valence-electron chi connectivity index (χ3n) is 4.56. The third-order valence-corrected chi connectivity index (χ3v) is 4.56. The fourth-order valence-corrected chi connectivity index (χ4v) is 3.02. The molecule has 0 saturated carbocycles. The van der Waals surface area contributed by atoms with Gasteiger partial charge in [-0.25, -0.2) is 4.68 Å². The summed E-state index contributed by atoms with van der Waals surface area (Å²) in [5, 5.41) is 7.56. The number of para-hydroxylation sites is 3. The molecule has 1 amide bonds. The molecule has 6 nitrogen and oxygen atoms in total. The van der Waals surface area contributed by atoms with Gasteiger partial charge in [-0.15, -0.1) is 0 Å². The molecule has 0 unspecified atom stereocenters. The highest BCUT2D eigenvalue weighted by molar-refractivity contribution is 5.76. The number of aryl methyl sites for hydroxylation is 1. The number of carbonyl (C=O) groups is 1. The number of nitrogens with one attached hydrogen (secondary N) is 1. The van der Waals surface area contributed by atoms with Crippen LogP contribution in [0.15, 0.2) is 54.6 Å². The molecule has 0 atom stereocenters. The fraction of sp³-hybridized carbons (Fsp3) is 0.273. The summed E-state index contributed by atoms with van der Waals surface area (Å²) in [4.78, 5) is 12.2. The van der Waals surface area contributed by atoms with Crippen molar-refractivity contribution in [1.82, 2.24) is 15.1 Å². The van der Waals surface area contributed by atoms with Gasteiger partial charge < -0.3 is 14.8 Å². The van der Waals surface area contributed by atoms with E-state index in [0.717, 1.165) is 22.6 Å². The van der Waals surface area contributed by atoms with Crippen LogP contribution in [0.25, 0.3) is 5.69 Å². The highest BCUT2D eigenvalue weighted by Crippen LogP contribution is 2.25. The molecule has 0 aliphatic carbocycles. The Kier molecular flexibility index (Phi) is 6.32. The van der Waals surface area contributed by atoms with Crippen LogP contribution in [-0.2, 0) is 11.3 Å². The number of hydrogen-bond acceptors (Lipinski definition) is 4. The number of amides is 1. The average Bonchev–Trinajstić information content (AvgIpc) is 3.01. The van der Waals surface area contributed by atoms with Gasteiger partial charge in [-0.2, -0.15) is 5.10 Å². The van der Waals surface area contributed by atoms with Crippen molar-refractivity contribution in [3.63, 3.8) is 0 Å². The molecule has 146 valence electrons. The Bertz CT molecular complexity index is 935. The van der Waals surface area contributed by atoms with Gasteiger partial charge in [0.1, 0.15) is 0 Å². The first kappa shape index (κ1) is 19.5. The summed E-state index contributed by atoms with van der Waals surface area (Å²) < 4.78 is 12.8. The van der Waals surface area contributed by atoms with Gasteiger partial charge in [-0.05, 0) is 38.1 Å². The van der Waals surface area contributed by atoms with E-state index in [1.54, 1.807) is 7.11 Å². The zero-order valence-electron chi connectivity index (χ0n) is 16.4. The molecule has 6 heteroatoms. The van der Waals surface area contributed by atoms with E-state index in [4.69, 9.17) is 9.47 Å². The van der Waals surface area contributed by atoms with E-state index in [2.05, 4.69) is 10.4 Å². The van der Waals surface area contributed by atoms with E-state index in [-0.39, 0.29) is 18.9 Å². The first-order chi connectivity index (χ1) is 13.6. The highest BCUT2D eigenvalue weighted by Gasteiger charge is 2.14. The summed E-state index contributed by atoms with van der Waals surface area (Å²) in [6.07, 6.45) is 0.267. The minimum Gasteiger partial charge on any atom is -0.493 e. The molecule has 0 bridgehead atoms. The maximum absolute atomic E-state index is 12.2. The molecule has 28 heavy (non-hydrogen) atoms. The summed E-state index contributed by atoms with van der Waals surface area (Å²) in [6, 6.07) is 17.3. The van der Waals surface area contributed by atoms with Gasteiger partial charge >= 0.3 is 0 Å². The number of methoxy groups -OCH3 is 1. The molecule has 3 aromatic rings. The van der Waals surface area contributed by atoms with Crippen LogP contribution in [0.2, 0.25) is 0 Å². The van der Waals surface area contributed by atoms with Crippen LogP contribution in [0, 0.1) is 13.8 Å². The molecule has 2 aromatic carbocycles. The predicted molar refractivity (Wildman–Crippen MR) is 108 cm³/mol. The lowest BCUT2D eigenvalue weighted by Gasteiger charge is -2.10. The molecule has 1 aromatic heterocycles. The van der Waals surface area contributed by atoms with Gasteiger partial charge in [-0.1, -0.05) is 30.3 Å². The second-order valence-corrected chi connectivity index (χ2v) is 6.42. The maximum atomic E-state index is 12.2. The molecule has 0 radical (unpaired) electrons. The van der Waals surface area contributed by atoms with E-state index < -0.39 is 0 Å². The predicted octanol–water partition coefficient (Wildman–Crippen LogP) is 3.58. The van der Waals surface area contributed by atoms with Crippen molar-refractivity contribution in [3.05, 3.63) is 71.5 Å². The number of benzene rings is 2. The van der Waals surface area contributed by atoms with Crippen molar-refractivity contribution >= 4 is 5.91 Å². The lowest BCUT2D eigenvalue weighted by molar-refractivity contribution is -0.121. The van der Waals surface area contributed by atoms with E-state index in [1.807, 2.05) is 73.1 Å². The monoisotopic (exact) mass is 379 g/mol. The van der Waals surface area contributed by atoms with E-state index >= 15 is 0 Å². The van der Waals surface area contributed by atoms with Crippen LogP contribution >= 0.6 is 0 Å². The Hall–Kier alpha value is -3.28. The largest absolute Gasteiger partial charge is 0.493 e. The molecule has 0 aliphatic rings. The Morgan fingerprint density at radius 1 is 1.04 bits per heavy atom. The minimum absolute atomic E-state index is 0.0684. The van der Waals surface area contributed by atoms with Gasteiger partial charge in [0.25, 0.3) is 0 Å². The molecular formula is C22H25N3O3. The van der Waals surface area contributed by atoms with Crippen molar-refractivity contribution in [1.29, 1.82) is 0 Å². The highest BCUT2D eigenvalue weighted by atomic mass is 16.5. The normalized spacial score (nSPS) is 10.5. The van der Waals surface area contributed by atoms with Crippen LogP contribution in [0.3, 0.4) is 0 Å². The zero-order valence-corrected chi connectivity index (χ0v) is 16.4. The van der Waals surface area contributed by atoms with E-state index in [0.29, 0.717) is 18.0 Å². The topological polar surface area (TPSA) is 65.4 Å². The minimum atomic E-state index is -0.0684. The van der Waals surface area contributed by atoms with Gasteiger partial charge in [0.2, 0.25) is 5.91 Å². The quantitative estimate of drug-likeness (QED) is 0.650. The molecule has 1 heterocycles. The molecule has 0 spiro atoms. The summed E-state index contributed by atoms with van der Waals surface area (Å²) >= 11 is 0. The van der Waals surface area contributed by atoms with Gasteiger partial charge in [0.15, 0.2) is 11.5 Å². The third kappa shape index (κ3) is 4.52. The number of carbonyl (C=O) groups excluding carboxylic acids is 1. The van der Waals surface area contributed by atoms with Crippen molar-refractivity contribution in [2.75, 3.05) is 13.7 Å². The Morgan fingerprint density at radius 3 is 2.43 bits per heavy atom. The summed E-state index contributed by atoms with van der Waals surface area (Å²) in [7, 11) is 1.59. The SMILES string of the molecule is COc1ccccc1OCCC(=O)NCc1c(C)nn(-c2ccccc2)c1C. The number of nitrogens with zero attached hydrogens (tertiary/aromatic N) is 2. The summed E-state index contributed by atoms with van der Waals surface area (Å²) in [6.45, 7) is 4.70. The first-order valence-corrected chi connectivity index (χ1v) is 9.23. The number of hydrogen-bond donors (Lipinski definition) is 1. The van der Waals surface area contributed by atoms with Crippen molar-refractivity contribution in [2.45, 2.75) is 26.8 Å². The molecule has 0 fully saturated rings. The van der Waals surface area contributed by atoms with Gasteiger partial charge in [0.05, 0.1) is 31.5 Å². The lowest BCUT2D eigenvalue weighted by Crippen LogP contribution is -2.25. The molecule has 0 aliphatic heterocycles. The van der Waals surface area contributed by atoms with Gasteiger partial charge in [0, 0.05) is 17.8 Å². The van der Waals surface area contributed by atoms with Crippen LogP contribution in [-0.4, -0.2) is 29.4 Å². The maximum Gasteiger partial charge on any atom is 0.223 e. The van der Waals surface area contributed by atoms with Crippen molar-refractivity contribution in [2.24, 2.45) is 0 Å². The first-order valence-electron chi connectivity index (χ1n) is 9.23. The van der Waals surface area contributed by atoms with Crippen molar-refractivity contribution in [3.8, 4) is 17.2 Å². The van der Waals surface area contributed by atoms with Crippen LogP contribution in [0.4, 0.5) is 0 Å². The fourth-order valence-electron chi connectivity index (χ4n) is 3.02.